The predicted octanol–water partition coefficient (Wildman–Crippen LogP) is 1.19. The Labute approximate surface area is 113 Å². The van der Waals surface area contributed by atoms with Gasteiger partial charge in [-0.2, -0.15) is 0 Å². The van der Waals surface area contributed by atoms with E-state index in [0.29, 0.717) is 17.1 Å². The third-order valence-corrected chi connectivity index (χ3v) is 3.33. The van der Waals surface area contributed by atoms with Crippen LogP contribution in [0.3, 0.4) is 0 Å². The molecule has 0 spiro atoms. The van der Waals surface area contributed by atoms with Crippen LogP contribution in [0.25, 0.3) is 0 Å². The normalized spacial score (nSPS) is 15.9. The Morgan fingerprint density at radius 2 is 1.79 bits per heavy atom. The summed E-state index contributed by atoms with van der Waals surface area (Å²) in [6.07, 6.45) is 1.90. The molecule has 104 valence electrons. The van der Waals surface area contributed by atoms with Crippen LogP contribution < -0.4 is 20.1 Å². The zero-order chi connectivity index (χ0) is 13.7. The lowest BCUT2D eigenvalue weighted by molar-refractivity contribution is 0.0923. The highest BCUT2D eigenvalue weighted by molar-refractivity contribution is 5.99. The van der Waals surface area contributed by atoms with E-state index in [1.54, 1.807) is 32.4 Å². The summed E-state index contributed by atoms with van der Waals surface area (Å²) in [6, 6.07) is 5.54. The maximum absolute atomic E-state index is 12.4. The molecule has 19 heavy (non-hydrogen) atoms. The number of piperidine rings is 1. The average molecular weight is 264 g/mol. The fourth-order valence-electron chi connectivity index (χ4n) is 2.30. The molecule has 2 N–H and O–H groups in total. The van der Waals surface area contributed by atoms with Crippen LogP contribution in [0.4, 0.5) is 0 Å². The standard InChI is InChI=1S/C14H20N2O3/c1-18-11-4-3-5-12(19-2)13(11)14(17)16-10-6-8-15-9-7-10/h3-5,10,15H,6-9H2,1-2H3,(H,16,17). The van der Waals surface area contributed by atoms with Gasteiger partial charge in [-0.3, -0.25) is 4.79 Å². The third-order valence-electron chi connectivity index (χ3n) is 3.33. The molecule has 1 fully saturated rings. The SMILES string of the molecule is COc1cccc(OC)c1C(=O)NC1CCNCC1. The maximum atomic E-state index is 12.4. The van der Waals surface area contributed by atoms with E-state index in [0.717, 1.165) is 25.9 Å². The molecule has 0 atom stereocenters. The van der Waals surface area contributed by atoms with Crippen LogP contribution in [-0.4, -0.2) is 39.3 Å². The van der Waals surface area contributed by atoms with Crippen molar-refractivity contribution in [3.05, 3.63) is 23.8 Å². The second-order valence-electron chi connectivity index (χ2n) is 4.54. The van der Waals surface area contributed by atoms with E-state index < -0.39 is 0 Å². The largest absolute Gasteiger partial charge is 0.496 e. The number of nitrogens with one attached hydrogen (secondary N) is 2. The highest BCUT2D eigenvalue weighted by atomic mass is 16.5. The summed E-state index contributed by atoms with van der Waals surface area (Å²) in [7, 11) is 3.10. The molecule has 1 aromatic carbocycles. The monoisotopic (exact) mass is 264 g/mol. The lowest BCUT2D eigenvalue weighted by atomic mass is 10.1. The Kier molecular flexibility index (Phi) is 4.63. The van der Waals surface area contributed by atoms with Crippen LogP contribution in [0.5, 0.6) is 11.5 Å². The summed E-state index contributed by atoms with van der Waals surface area (Å²) in [4.78, 5) is 12.4. The van der Waals surface area contributed by atoms with Crippen molar-refractivity contribution < 1.29 is 14.3 Å². The Morgan fingerprint density at radius 1 is 1.21 bits per heavy atom. The number of rotatable bonds is 4. The Balaban J connectivity index is 2.17. The Morgan fingerprint density at radius 3 is 2.32 bits per heavy atom. The molecular formula is C14H20N2O3. The molecule has 2 rings (SSSR count). The van der Waals surface area contributed by atoms with Gasteiger partial charge in [0.25, 0.3) is 5.91 Å². The number of methoxy groups -OCH3 is 2. The van der Waals surface area contributed by atoms with Gasteiger partial charge in [-0.15, -0.1) is 0 Å². The molecule has 5 heteroatoms. The van der Waals surface area contributed by atoms with E-state index in [4.69, 9.17) is 9.47 Å². The van der Waals surface area contributed by atoms with Gasteiger partial charge in [-0.1, -0.05) is 6.07 Å². The van der Waals surface area contributed by atoms with Crippen LogP contribution >= 0.6 is 0 Å². The first-order chi connectivity index (χ1) is 9.26. The van der Waals surface area contributed by atoms with E-state index >= 15 is 0 Å². The van der Waals surface area contributed by atoms with Crippen molar-refractivity contribution in [1.29, 1.82) is 0 Å². The van der Waals surface area contributed by atoms with Crippen molar-refractivity contribution in [3.8, 4) is 11.5 Å². The van der Waals surface area contributed by atoms with Crippen LogP contribution in [0, 0.1) is 0 Å². The van der Waals surface area contributed by atoms with E-state index in [1.807, 2.05) is 0 Å². The van der Waals surface area contributed by atoms with Crippen molar-refractivity contribution in [1.82, 2.24) is 10.6 Å². The summed E-state index contributed by atoms with van der Waals surface area (Å²) in [5.41, 5.74) is 0.464. The molecule has 1 heterocycles. The topological polar surface area (TPSA) is 59.6 Å². The highest BCUT2D eigenvalue weighted by Crippen LogP contribution is 2.28. The summed E-state index contributed by atoms with van der Waals surface area (Å²) < 4.78 is 10.5. The molecule has 0 radical (unpaired) electrons. The minimum absolute atomic E-state index is 0.138. The first-order valence-corrected chi connectivity index (χ1v) is 6.49. The molecular weight excluding hydrogens is 244 g/mol. The van der Waals surface area contributed by atoms with Crippen LogP contribution in [0.1, 0.15) is 23.2 Å². The average Bonchev–Trinajstić information content (AvgIpc) is 2.47. The van der Waals surface area contributed by atoms with Gasteiger partial charge in [0.15, 0.2) is 0 Å². The van der Waals surface area contributed by atoms with E-state index in [-0.39, 0.29) is 11.9 Å². The summed E-state index contributed by atoms with van der Waals surface area (Å²) in [5, 5.41) is 6.32. The van der Waals surface area contributed by atoms with Crippen LogP contribution in [0.15, 0.2) is 18.2 Å². The molecule has 1 saturated heterocycles. The van der Waals surface area contributed by atoms with Crippen molar-refractivity contribution in [2.45, 2.75) is 18.9 Å². The molecule has 0 aliphatic carbocycles. The first-order valence-electron chi connectivity index (χ1n) is 6.49. The van der Waals surface area contributed by atoms with Crippen LogP contribution in [-0.2, 0) is 0 Å². The fraction of sp³-hybridized carbons (Fsp3) is 0.500. The molecule has 1 aliphatic heterocycles. The number of carbonyl (C=O) groups excluding carboxylic acids is 1. The second-order valence-corrected chi connectivity index (χ2v) is 4.54. The number of carbonyl (C=O) groups is 1. The van der Waals surface area contributed by atoms with Crippen molar-refractivity contribution >= 4 is 5.91 Å². The van der Waals surface area contributed by atoms with Gasteiger partial charge in [-0.25, -0.2) is 0 Å². The van der Waals surface area contributed by atoms with Crippen molar-refractivity contribution in [2.24, 2.45) is 0 Å². The molecule has 0 saturated carbocycles. The van der Waals surface area contributed by atoms with Gasteiger partial charge in [0.05, 0.1) is 14.2 Å². The number of benzene rings is 1. The number of hydrogen-bond donors (Lipinski definition) is 2. The van der Waals surface area contributed by atoms with Gasteiger partial charge in [-0.05, 0) is 38.1 Å². The first kappa shape index (κ1) is 13.7. The summed E-state index contributed by atoms with van der Waals surface area (Å²) >= 11 is 0. The Bertz CT molecular complexity index is 420. The zero-order valence-corrected chi connectivity index (χ0v) is 11.4. The molecule has 5 nitrogen and oxygen atoms in total. The minimum atomic E-state index is -0.138. The van der Waals surface area contributed by atoms with Gasteiger partial charge >= 0.3 is 0 Å². The van der Waals surface area contributed by atoms with E-state index in [1.165, 1.54) is 0 Å². The second kappa shape index (κ2) is 6.43. The molecule has 1 aromatic rings. The van der Waals surface area contributed by atoms with E-state index in [9.17, 15) is 4.79 Å². The van der Waals surface area contributed by atoms with Crippen molar-refractivity contribution in [3.63, 3.8) is 0 Å². The number of ether oxygens (including phenoxy) is 2. The minimum Gasteiger partial charge on any atom is -0.496 e. The zero-order valence-electron chi connectivity index (χ0n) is 11.4. The van der Waals surface area contributed by atoms with Crippen LogP contribution in [0.2, 0.25) is 0 Å². The summed E-state index contributed by atoms with van der Waals surface area (Å²) in [6.45, 7) is 1.88. The molecule has 0 bridgehead atoms. The fourth-order valence-corrected chi connectivity index (χ4v) is 2.30. The quantitative estimate of drug-likeness (QED) is 0.857. The van der Waals surface area contributed by atoms with Gasteiger partial charge < -0.3 is 20.1 Å². The van der Waals surface area contributed by atoms with E-state index in [2.05, 4.69) is 10.6 Å². The number of hydrogen-bond acceptors (Lipinski definition) is 4. The predicted molar refractivity (Wildman–Crippen MR) is 72.9 cm³/mol. The lowest BCUT2D eigenvalue weighted by Crippen LogP contribution is -2.42. The van der Waals surface area contributed by atoms with Gasteiger partial charge in [0, 0.05) is 6.04 Å². The Hall–Kier alpha value is -1.75. The molecule has 0 unspecified atom stereocenters. The molecule has 1 aliphatic rings. The maximum Gasteiger partial charge on any atom is 0.259 e. The highest BCUT2D eigenvalue weighted by Gasteiger charge is 2.22. The summed E-state index contributed by atoms with van der Waals surface area (Å²) in [5.74, 6) is 0.928. The van der Waals surface area contributed by atoms with Gasteiger partial charge in [0.2, 0.25) is 0 Å². The smallest absolute Gasteiger partial charge is 0.259 e. The third kappa shape index (κ3) is 3.17. The molecule has 1 amide bonds. The van der Waals surface area contributed by atoms with Crippen molar-refractivity contribution in [2.75, 3.05) is 27.3 Å². The number of amides is 1. The molecule has 0 aromatic heterocycles. The van der Waals surface area contributed by atoms with Gasteiger partial charge in [0.1, 0.15) is 17.1 Å². The lowest BCUT2D eigenvalue weighted by Gasteiger charge is -2.24.